The van der Waals surface area contributed by atoms with E-state index >= 15 is 0 Å². The third kappa shape index (κ3) is 6.53. The maximum absolute atomic E-state index is 13.1. The molecule has 0 atom stereocenters. The second-order valence-electron chi connectivity index (χ2n) is 7.48. The highest BCUT2D eigenvalue weighted by Crippen LogP contribution is 2.31. The molecule has 4 aromatic rings. The minimum absolute atomic E-state index is 0.0968. The Bertz CT molecular complexity index is 1380. The highest BCUT2D eigenvalue weighted by Gasteiger charge is 2.32. The van der Waals surface area contributed by atoms with Crippen LogP contribution in [0.2, 0.25) is 0 Å². The van der Waals surface area contributed by atoms with E-state index in [2.05, 4.69) is 25.7 Å². The molecule has 0 saturated heterocycles. The Morgan fingerprint density at radius 2 is 1.89 bits per heavy atom. The highest BCUT2D eigenvalue weighted by molar-refractivity contribution is 7.99. The van der Waals surface area contributed by atoms with Crippen LogP contribution in [0.3, 0.4) is 0 Å². The summed E-state index contributed by atoms with van der Waals surface area (Å²) in [5.41, 5.74) is 2.74. The predicted octanol–water partition coefficient (Wildman–Crippen LogP) is 4.99. The topological polar surface area (TPSA) is 94.3 Å². The van der Waals surface area contributed by atoms with Gasteiger partial charge in [-0.3, -0.25) is 14.3 Å². The summed E-state index contributed by atoms with van der Waals surface area (Å²) < 4.78 is 46.7. The van der Waals surface area contributed by atoms with Gasteiger partial charge in [-0.15, -0.1) is 10.2 Å². The largest absolute Gasteiger partial charge is 0.494 e. The number of carbonyl (C=O) groups excluding carboxylic acids is 1. The maximum atomic E-state index is 13.1. The molecule has 2 aromatic heterocycles. The zero-order valence-electron chi connectivity index (χ0n) is 19.5. The average Bonchev–Trinajstić information content (AvgIpc) is 3.32. The molecule has 12 heteroatoms. The van der Waals surface area contributed by atoms with E-state index in [0.717, 1.165) is 35.3 Å². The minimum Gasteiger partial charge on any atom is -0.494 e. The molecule has 0 aliphatic heterocycles. The molecular formula is C25H21F3N6O2S. The van der Waals surface area contributed by atoms with Gasteiger partial charge in [-0.05, 0) is 49.4 Å². The van der Waals surface area contributed by atoms with Gasteiger partial charge in [0.2, 0.25) is 0 Å². The number of nitrogens with one attached hydrogen (secondary N) is 1. The monoisotopic (exact) mass is 526 g/mol. The number of amides is 1. The van der Waals surface area contributed by atoms with Crippen LogP contribution in [0.25, 0.3) is 17.1 Å². The molecule has 1 amide bonds. The van der Waals surface area contributed by atoms with E-state index in [1.54, 1.807) is 23.0 Å². The summed E-state index contributed by atoms with van der Waals surface area (Å²) in [6.07, 6.45) is -0.258. The molecule has 0 unspecified atom stereocenters. The number of thioether (sulfide) groups is 1. The zero-order chi connectivity index (χ0) is 26.3. The van der Waals surface area contributed by atoms with Gasteiger partial charge in [0.25, 0.3) is 5.91 Å². The second-order valence-corrected chi connectivity index (χ2v) is 8.42. The van der Waals surface area contributed by atoms with E-state index in [4.69, 9.17) is 4.74 Å². The number of nitrogens with zero attached hydrogens (tertiary/aromatic N) is 5. The molecule has 0 aliphatic rings. The lowest BCUT2D eigenvalue weighted by molar-refractivity contribution is -0.137. The van der Waals surface area contributed by atoms with Crippen LogP contribution < -0.4 is 10.2 Å². The predicted molar refractivity (Wildman–Crippen MR) is 134 cm³/mol. The molecule has 0 spiro atoms. The number of pyridine rings is 1. The molecule has 2 aromatic carbocycles. The third-order valence-electron chi connectivity index (χ3n) is 4.95. The number of rotatable bonds is 9. The van der Waals surface area contributed by atoms with Crippen LogP contribution in [-0.4, -0.2) is 44.2 Å². The average molecular weight is 527 g/mol. The van der Waals surface area contributed by atoms with Crippen molar-refractivity contribution in [2.45, 2.75) is 18.3 Å². The van der Waals surface area contributed by atoms with Crippen molar-refractivity contribution in [1.82, 2.24) is 25.2 Å². The highest BCUT2D eigenvalue weighted by atomic mass is 32.2. The molecule has 2 heterocycles. The molecule has 190 valence electrons. The molecule has 4 rings (SSSR count). The first-order chi connectivity index (χ1) is 17.9. The first-order valence-corrected chi connectivity index (χ1v) is 12.1. The van der Waals surface area contributed by atoms with Crippen LogP contribution in [0.4, 0.5) is 13.2 Å². The Kier molecular flexibility index (Phi) is 8.18. The van der Waals surface area contributed by atoms with Crippen molar-refractivity contribution in [3.8, 4) is 22.8 Å². The summed E-state index contributed by atoms with van der Waals surface area (Å²) in [7, 11) is 0. The fraction of sp³-hybridized carbons (Fsp3) is 0.160. The fourth-order valence-electron chi connectivity index (χ4n) is 3.34. The Morgan fingerprint density at radius 3 is 2.59 bits per heavy atom. The van der Waals surface area contributed by atoms with Gasteiger partial charge in [0.05, 0.1) is 24.1 Å². The van der Waals surface area contributed by atoms with Crippen molar-refractivity contribution in [3.63, 3.8) is 0 Å². The van der Waals surface area contributed by atoms with Crippen LogP contribution >= 0.6 is 11.8 Å². The third-order valence-corrected chi connectivity index (χ3v) is 5.88. The van der Waals surface area contributed by atoms with Gasteiger partial charge < -0.3 is 4.74 Å². The number of hydrogen-bond donors (Lipinski definition) is 1. The number of hydrazone groups is 1. The van der Waals surface area contributed by atoms with Gasteiger partial charge in [0, 0.05) is 29.2 Å². The van der Waals surface area contributed by atoms with Crippen LogP contribution in [0, 0.1) is 0 Å². The number of hydrogen-bond acceptors (Lipinski definition) is 7. The Labute approximate surface area is 214 Å². The fourth-order valence-corrected chi connectivity index (χ4v) is 4.08. The van der Waals surface area contributed by atoms with E-state index < -0.39 is 17.6 Å². The lowest BCUT2D eigenvalue weighted by Gasteiger charge is -2.11. The molecule has 1 N–H and O–H groups in total. The Hall–Kier alpha value is -4.19. The summed E-state index contributed by atoms with van der Waals surface area (Å²) in [6, 6.07) is 15.9. The summed E-state index contributed by atoms with van der Waals surface area (Å²) in [6.45, 7) is 2.43. The summed E-state index contributed by atoms with van der Waals surface area (Å²) >= 11 is 1.11. The molecule has 0 saturated carbocycles. The molecule has 37 heavy (non-hydrogen) atoms. The van der Waals surface area contributed by atoms with Crippen LogP contribution in [0.15, 0.2) is 83.3 Å². The van der Waals surface area contributed by atoms with Gasteiger partial charge in [0.15, 0.2) is 11.0 Å². The number of carbonyl (C=O) groups is 1. The van der Waals surface area contributed by atoms with Crippen LogP contribution in [0.5, 0.6) is 5.75 Å². The Morgan fingerprint density at radius 1 is 1.11 bits per heavy atom. The van der Waals surface area contributed by atoms with Gasteiger partial charge in [0.1, 0.15) is 5.75 Å². The van der Waals surface area contributed by atoms with Crippen molar-refractivity contribution in [2.24, 2.45) is 5.10 Å². The normalized spacial score (nSPS) is 11.6. The number of halogens is 3. The van der Waals surface area contributed by atoms with Crippen molar-refractivity contribution < 1.29 is 22.7 Å². The van der Waals surface area contributed by atoms with Crippen molar-refractivity contribution >= 4 is 23.9 Å². The molecule has 0 aliphatic carbocycles. The van der Waals surface area contributed by atoms with Crippen molar-refractivity contribution in [2.75, 3.05) is 12.4 Å². The van der Waals surface area contributed by atoms with Crippen LogP contribution in [-0.2, 0) is 11.0 Å². The van der Waals surface area contributed by atoms with Gasteiger partial charge in [-0.1, -0.05) is 30.0 Å². The van der Waals surface area contributed by atoms with E-state index in [1.807, 2.05) is 37.3 Å². The number of alkyl halides is 3. The van der Waals surface area contributed by atoms with Crippen molar-refractivity contribution in [1.29, 1.82) is 0 Å². The maximum Gasteiger partial charge on any atom is 0.417 e. The van der Waals surface area contributed by atoms with Crippen LogP contribution in [0.1, 0.15) is 18.1 Å². The molecular weight excluding hydrogens is 505 g/mol. The van der Waals surface area contributed by atoms with Crippen molar-refractivity contribution in [3.05, 3.63) is 84.2 Å². The second kappa shape index (κ2) is 11.7. The van der Waals surface area contributed by atoms with E-state index in [-0.39, 0.29) is 11.3 Å². The quantitative estimate of drug-likeness (QED) is 0.188. The van der Waals surface area contributed by atoms with Gasteiger partial charge >= 0.3 is 6.18 Å². The van der Waals surface area contributed by atoms with E-state index in [1.165, 1.54) is 18.2 Å². The SMILES string of the molecule is CCOc1ccc(-n2c(SCC(=O)NN=Cc3ccccc3C(F)(F)F)nnc2-c2cccnc2)cc1. The first-order valence-electron chi connectivity index (χ1n) is 11.1. The smallest absolute Gasteiger partial charge is 0.417 e. The first kappa shape index (κ1) is 25.9. The molecule has 8 nitrogen and oxygen atoms in total. The molecule has 0 radical (unpaired) electrons. The number of benzene rings is 2. The van der Waals surface area contributed by atoms with Gasteiger partial charge in [-0.25, -0.2) is 5.43 Å². The zero-order valence-corrected chi connectivity index (χ0v) is 20.3. The van der Waals surface area contributed by atoms with E-state index in [0.29, 0.717) is 23.3 Å². The number of ether oxygens (including phenoxy) is 1. The minimum atomic E-state index is -4.53. The lowest BCUT2D eigenvalue weighted by atomic mass is 10.1. The van der Waals surface area contributed by atoms with Gasteiger partial charge in [-0.2, -0.15) is 18.3 Å². The lowest BCUT2D eigenvalue weighted by Crippen LogP contribution is -2.20. The summed E-state index contributed by atoms with van der Waals surface area (Å²) in [5.74, 6) is 0.623. The van der Waals surface area contributed by atoms with E-state index in [9.17, 15) is 18.0 Å². The summed E-state index contributed by atoms with van der Waals surface area (Å²) in [4.78, 5) is 16.5. The number of aromatic nitrogens is 4. The molecule has 0 bridgehead atoms. The molecule has 0 fully saturated rings. The summed E-state index contributed by atoms with van der Waals surface area (Å²) in [5, 5.41) is 12.6. The Balaban J connectivity index is 1.50. The standard InChI is InChI=1S/C25H21F3N6O2S/c1-2-36-20-11-9-19(10-12-20)34-23(18-7-5-13-29-14-18)32-33-24(34)37-16-22(35)31-30-15-17-6-3-4-8-21(17)25(26,27)28/h3-15H,2,16H2,1H3,(H,31,35).